The number of thiazole rings is 1. The lowest BCUT2D eigenvalue weighted by Crippen LogP contribution is -2.23. The van der Waals surface area contributed by atoms with Gasteiger partial charge in [0.25, 0.3) is 5.91 Å². The fourth-order valence-electron chi connectivity index (χ4n) is 2.10. The molecular weight excluding hydrogens is 338 g/mol. The number of carbonyl (C=O) groups excluding carboxylic acids is 1. The lowest BCUT2D eigenvalue weighted by Gasteiger charge is -2.04. The van der Waals surface area contributed by atoms with E-state index in [-0.39, 0.29) is 5.91 Å². The van der Waals surface area contributed by atoms with Gasteiger partial charge < -0.3 is 10.6 Å². The molecule has 0 aliphatic rings. The van der Waals surface area contributed by atoms with Gasteiger partial charge in [0.2, 0.25) is 0 Å². The van der Waals surface area contributed by atoms with Crippen molar-refractivity contribution < 1.29 is 4.79 Å². The molecule has 0 aliphatic heterocycles. The average Bonchev–Trinajstić information content (AvgIpc) is 3.09. The SMILES string of the molecule is CSc1ccc(CNC(=O)c2csc(Nc3ccccc3)n2)cc1. The predicted molar refractivity (Wildman–Crippen MR) is 101 cm³/mol. The number of anilines is 2. The van der Waals surface area contributed by atoms with Crippen molar-refractivity contribution in [2.45, 2.75) is 11.4 Å². The van der Waals surface area contributed by atoms with Gasteiger partial charge in [-0.3, -0.25) is 4.79 Å². The lowest BCUT2D eigenvalue weighted by atomic mass is 10.2. The van der Waals surface area contributed by atoms with E-state index in [4.69, 9.17) is 0 Å². The molecule has 0 spiro atoms. The minimum absolute atomic E-state index is 0.165. The number of aromatic nitrogens is 1. The number of nitrogens with one attached hydrogen (secondary N) is 2. The van der Waals surface area contributed by atoms with E-state index in [0.29, 0.717) is 17.4 Å². The Bertz CT molecular complexity index is 801. The number of thioether (sulfide) groups is 1. The van der Waals surface area contributed by atoms with Gasteiger partial charge in [0.05, 0.1) is 0 Å². The number of hydrogen-bond acceptors (Lipinski definition) is 5. The molecule has 1 amide bonds. The zero-order valence-corrected chi connectivity index (χ0v) is 14.8. The second-order valence-electron chi connectivity index (χ2n) is 5.06. The molecule has 3 aromatic rings. The number of nitrogens with zero attached hydrogens (tertiary/aromatic N) is 1. The molecule has 0 saturated carbocycles. The van der Waals surface area contributed by atoms with Crippen molar-refractivity contribution >= 4 is 39.8 Å². The highest BCUT2D eigenvalue weighted by atomic mass is 32.2. The standard InChI is InChI=1S/C18H17N3OS2/c1-23-15-9-7-13(8-10-15)11-19-17(22)16-12-24-18(21-16)20-14-5-3-2-4-6-14/h2-10,12H,11H2,1H3,(H,19,22)(H,20,21). The first-order chi connectivity index (χ1) is 11.7. The van der Waals surface area contributed by atoms with Gasteiger partial charge in [0, 0.05) is 22.5 Å². The van der Waals surface area contributed by atoms with Crippen LogP contribution in [-0.2, 0) is 6.54 Å². The minimum atomic E-state index is -0.165. The normalized spacial score (nSPS) is 10.4. The summed E-state index contributed by atoms with van der Waals surface area (Å²) in [7, 11) is 0. The molecule has 1 heterocycles. The highest BCUT2D eigenvalue weighted by Gasteiger charge is 2.10. The summed E-state index contributed by atoms with van der Waals surface area (Å²) in [6.07, 6.45) is 2.04. The van der Waals surface area contributed by atoms with Gasteiger partial charge in [0.1, 0.15) is 5.69 Å². The summed E-state index contributed by atoms with van der Waals surface area (Å²) in [5, 5.41) is 8.56. The third-order valence-electron chi connectivity index (χ3n) is 3.37. The third-order valence-corrected chi connectivity index (χ3v) is 4.88. The van der Waals surface area contributed by atoms with Crippen molar-refractivity contribution in [2.24, 2.45) is 0 Å². The fraction of sp³-hybridized carbons (Fsp3) is 0.111. The van der Waals surface area contributed by atoms with E-state index in [2.05, 4.69) is 27.8 Å². The van der Waals surface area contributed by atoms with Gasteiger partial charge in [-0.25, -0.2) is 4.98 Å². The summed E-state index contributed by atoms with van der Waals surface area (Å²) in [6, 6.07) is 17.9. The molecule has 6 heteroatoms. The molecule has 0 bridgehead atoms. The molecule has 4 nitrogen and oxygen atoms in total. The number of amides is 1. The maximum Gasteiger partial charge on any atom is 0.271 e. The number of rotatable bonds is 6. The number of para-hydroxylation sites is 1. The van der Waals surface area contributed by atoms with Crippen molar-refractivity contribution in [3.05, 3.63) is 71.2 Å². The van der Waals surface area contributed by atoms with Crippen LogP contribution in [0.5, 0.6) is 0 Å². The molecule has 0 fully saturated rings. The minimum Gasteiger partial charge on any atom is -0.347 e. The summed E-state index contributed by atoms with van der Waals surface area (Å²) in [5.41, 5.74) is 2.45. The number of carbonyl (C=O) groups is 1. The van der Waals surface area contributed by atoms with Gasteiger partial charge in [-0.1, -0.05) is 30.3 Å². The van der Waals surface area contributed by atoms with E-state index in [9.17, 15) is 4.79 Å². The summed E-state index contributed by atoms with van der Waals surface area (Å²) in [5.74, 6) is -0.165. The third kappa shape index (κ3) is 4.37. The Balaban J connectivity index is 1.57. The van der Waals surface area contributed by atoms with Crippen LogP contribution >= 0.6 is 23.1 Å². The van der Waals surface area contributed by atoms with Crippen LogP contribution in [-0.4, -0.2) is 17.1 Å². The van der Waals surface area contributed by atoms with E-state index in [1.807, 2.05) is 48.7 Å². The molecule has 2 aromatic carbocycles. The molecule has 3 rings (SSSR count). The fourth-order valence-corrected chi connectivity index (χ4v) is 3.22. The van der Waals surface area contributed by atoms with Crippen molar-refractivity contribution in [1.29, 1.82) is 0 Å². The van der Waals surface area contributed by atoms with Crippen LogP contribution in [0, 0.1) is 0 Å². The van der Waals surface area contributed by atoms with Gasteiger partial charge >= 0.3 is 0 Å². The Labute approximate surface area is 149 Å². The Morgan fingerprint density at radius 3 is 2.58 bits per heavy atom. The molecule has 1 aromatic heterocycles. The largest absolute Gasteiger partial charge is 0.347 e. The zero-order chi connectivity index (χ0) is 16.8. The van der Waals surface area contributed by atoms with Crippen LogP contribution in [0.4, 0.5) is 10.8 Å². The smallest absolute Gasteiger partial charge is 0.271 e. The lowest BCUT2D eigenvalue weighted by molar-refractivity contribution is 0.0946. The molecular formula is C18H17N3OS2. The Morgan fingerprint density at radius 2 is 1.88 bits per heavy atom. The first-order valence-electron chi connectivity index (χ1n) is 7.43. The van der Waals surface area contributed by atoms with Crippen LogP contribution in [0.3, 0.4) is 0 Å². The van der Waals surface area contributed by atoms with E-state index >= 15 is 0 Å². The first kappa shape index (κ1) is 16.5. The van der Waals surface area contributed by atoms with Crippen molar-refractivity contribution in [3.8, 4) is 0 Å². The van der Waals surface area contributed by atoms with E-state index in [0.717, 1.165) is 11.3 Å². The molecule has 24 heavy (non-hydrogen) atoms. The first-order valence-corrected chi connectivity index (χ1v) is 9.54. The second-order valence-corrected chi connectivity index (χ2v) is 6.80. The van der Waals surface area contributed by atoms with E-state index in [1.165, 1.54) is 16.2 Å². The molecule has 0 aliphatic carbocycles. The van der Waals surface area contributed by atoms with Crippen molar-refractivity contribution in [2.75, 3.05) is 11.6 Å². The monoisotopic (exact) mass is 355 g/mol. The number of benzene rings is 2. The second kappa shape index (κ2) is 7.99. The topological polar surface area (TPSA) is 54.0 Å². The highest BCUT2D eigenvalue weighted by molar-refractivity contribution is 7.98. The quantitative estimate of drug-likeness (QED) is 0.638. The maximum atomic E-state index is 12.2. The molecule has 0 unspecified atom stereocenters. The highest BCUT2D eigenvalue weighted by Crippen LogP contribution is 2.20. The van der Waals surface area contributed by atoms with Crippen LogP contribution < -0.4 is 10.6 Å². The molecule has 0 atom stereocenters. The molecule has 0 radical (unpaired) electrons. The van der Waals surface area contributed by atoms with Crippen molar-refractivity contribution in [3.63, 3.8) is 0 Å². The Morgan fingerprint density at radius 1 is 1.12 bits per heavy atom. The summed E-state index contributed by atoms with van der Waals surface area (Å²) < 4.78 is 0. The molecule has 0 saturated heterocycles. The molecule has 122 valence electrons. The van der Waals surface area contributed by atoms with Gasteiger partial charge in [-0.15, -0.1) is 23.1 Å². The van der Waals surface area contributed by atoms with Gasteiger partial charge in [-0.05, 0) is 36.1 Å². The van der Waals surface area contributed by atoms with E-state index < -0.39 is 0 Å². The van der Waals surface area contributed by atoms with Crippen LogP contribution in [0.25, 0.3) is 0 Å². The van der Waals surface area contributed by atoms with Crippen LogP contribution in [0.15, 0.2) is 64.9 Å². The summed E-state index contributed by atoms with van der Waals surface area (Å²) >= 11 is 3.11. The number of hydrogen-bond donors (Lipinski definition) is 2. The van der Waals surface area contributed by atoms with E-state index in [1.54, 1.807) is 17.1 Å². The van der Waals surface area contributed by atoms with Gasteiger partial charge in [-0.2, -0.15) is 0 Å². The average molecular weight is 355 g/mol. The summed E-state index contributed by atoms with van der Waals surface area (Å²) in [4.78, 5) is 17.8. The van der Waals surface area contributed by atoms with Crippen LogP contribution in [0.2, 0.25) is 0 Å². The van der Waals surface area contributed by atoms with Crippen LogP contribution in [0.1, 0.15) is 16.1 Å². The van der Waals surface area contributed by atoms with Gasteiger partial charge in [0.15, 0.2) is 5.13 Å². The Kier molecular flexibility index (Phi) is 5.51. The predicted octanol–water partition coefficient (Wildman–Crippen LogP) is 4.54. The maximum absolute atomic E-state index is 12.2. The summed E-state index contributed by atoms with van der Waals surface area (Å²) in [6.45, 7) is 0.493. The zero-order valence-electron chi connectivity index (χ0n) is 13.2. The van der Waals surface area contributed by atoms with Crippen molar-refractivity contribution in [1.82, 2.24) is 10.3 Å². The Hall–Kier alpha value is -2.31. The molecule has 2 N–H and O–H groups in total.